The van der Waals surface area contributed by atoms with Crippen molar-refractivity contribution in [3.05, 3.63) is 79.6 Å². The Bertz CT molecular complexity index is 496. The van der Waals surface area contributed by atoms with Gasteiger partial charge in [-0.2, -0.15) is 0 Å². The second-order valence-corrected chi connectivity index (χ2v) is 4.10. The summed E-state index contributed by atoms with van der Waals surface area (Å²) >= 11 is 0. The van der Waals surface area contributed by atoms with E-state index in [9.17, 15) is 5.11 Å². The van der Waals surface area contributed by atoms with Crippen molar-refractivity contribution in [3.8, 4) is 0 Å². The number of benzene rings is 1. The van der Waals surface area contributed by atoms with Crippen molar-refractivity contribution in [1.82, 2.24) is 0 Å². The van der Waals surface area contributed by atoms with Gasteiger partial charge in [0, 0.05) is 17.1 Å². The monoisotopic (exact) mass is 340 g/mol. The van der Waals surface area contributed by atoms with Gasteiger partial charge in [0.25, 0.3) is 0 Å². The Morgan fingerprint density at radius 1 is 1.00 bits per heavy atom. The molecule has 0 spiro atoms. The fraction of sp³-hybridized carbons (Fsp3) is 0.235. The fourth-order valence-electron chi connectivity index (χ4n) is 1.96. The van der Waals surface area contributed by atoms with E-state index in [-0.39, 0.29) is 17.1 Å². The van der Waals surface area contributed by atoms with Crippen LogP contribution in [0.5, 0.6) is 0 Å². The predicted octanol–water partition coefficient (Wildman–Crippen LogP) is 3.06. The van der Waals surface area contributed by atoms with E-state index >= 15 is 0 Å². The summed E-state index contributed by atoms with van der Waals surface area (Å²) < 4.78 is 22.5. The quantitative estimate of drug-likeness (QED) is 0.501. The molecule has 1 aromatic rings. The number of aliphatic hydroxyl groups is 1. The molecular weight excluding hydrogens is 324 g/mol. The van der Waals surface area contributed by atoms with E-state index in [0.717, 1.165) is 24.0 Å². The average molecular weight is 340 g/mol. The van der Waals surface area contributed by atoms with Crippen molar-refractivity contribution < 1.29 is 36.1 Å². The van der Waals surface area contributed by atoms with Crippen LogP contribution >= 0.6 is 0 Å². The van der Waals surface area contributed by atoms with Crippen molar-refractivity contribution in [1.29, 1.82) is 0 Å². The first kappa shape index (κ1) is 25.4. The van der Waals surface area contributed by atoms with Gasteiger partial charge < -0.3 is 5.11 Å². The first-order valence-electron chi connectivity index (χ1n) is 5.96. The van der Waals surface area contributed by atoms with Crippen molar-refractivity contribution in [2.24, 2.45) is 0 Å². The van der Waals surface area contributed by atoms with Crippen LogP contribution in [0.2, 0.25) is 0 Å². The molecule has 1 aromatic carbocycles. The summed E-state index contributed by atoms with van der Waals surface area (Å²) in [4.78, 5) is 0. The predicted molar refractivity (Wildman–Crippen MR) is 74.3 cm³/mol. The molecule has 1 unspecified atom stereocenters. The Balaban J connectivity index is -0.000000463. The molecule has 0 saturated carbocycles. The molecule has 0 amide bonds. The molecule has 0 aromatic heterocycles. The van der Waals surface area contributed by atoms with Gasteiger partial charge in [-0.1, -0.05) is 48.6 Å². The molecule has 2 rings (SSSR count). The molecule has 116 valence electrons. The van der Waals surface area contributed by atoms with E-state index < -0.39 is 5.60 Å². The summed E-state index contributed by atoms with van der Waals surface area (Å²) in [5.74, 6) is 0. The third kappa shape index (κ3) is 7.99. The van der Waals surface area contributed by atoms with E-state index in [1.165, 1.54) is 0 Å². The van der Waals surface area contributed by atoms with Crippen molar-refractivity contribution in [2.45, 2.75) is 25.4 Å². The van der Waals surface area contributed by atoms with Crippen LogP contribution in [0.15, 0.2) is 54.1 Å². The first-order valence-corrected chi connectivity index (χ1v) is 5.96. The Morgan fingerprint density at radius 2 is 1.50 bits per heavy atom. The zero-order valence-electron chi connectivity index (χ0n) is 12.1. The van der Waals surface area contributed by atoms with Crippen LogP contribution in [0.25, 0.3) is 0 Å². The maximum atomic E-state index is 10.5. The molecule has 0 saturated heterocycles. The van der Waals surface area contributed by atoms with Crippen LogP contribution in [0.3, 0.4) is 0 Å². The summed E-state index contributed by atoms with van der Waals surface area (Å²) in [7, 11) is 0. The van der Waals surface area contributed by atoms with Crippen LogP contribution in [-0.2, 0) is 36.6 Å². The van der Waals surface area contributed by atoms with E-state index in [1.807, 2.05) is 49.4 Å². The molecule has 1 N–H and O–H groups in total. The first-order chi connectivity index (χ1) is 10.2. The van der Waals surface area contributed by atoms with Crippen molar-refractivity contribution >= 4 is 0 Å². The van der Waals surface area contributed by atoms with Crippen LogP contribution in [0, 0.1) is 20.0 Å². The molecular formula is C17H16FeO4. The molecule has 1 atom stereocenters. The molecule has 4 nitrogen and oxygen atoms in total. The largest absolute Gasteiger partial charge is 0 e. The van der Waals surface area contributed by atoms with Gasteiger partial charge in [0.2, 0.25) is 0 Å². The van der Waals surface area contributed by atoms with Gasteiger partial charge in [0.15, 0.2) is 0 Å². The summed E-state index contributed by atoms with van der Waals surface area (Å²) in [5.41, 5.74) is 1.23. The van der Waals surface area contributed by atoms with Crippen LogP contribution < -0.4 is 0 Å². The molecule has 0 heterocycles. The Morgan fingerprint density at radius 3 is 1.91 bits per heavy atom. The number of hydrogen-bond donors (Lipinski definition) is 1. The minimum absolute atomic E-state index is 0. The van der Waals surface area contributed by atoms with Gasteiger partial charge in [0.1, 0.15) is 5.60 Å². The van der Waals surface area contributed by atoms with Crippen LogP contribution in [-0.4, -0.2) is 5.11 Å². The molecule has 0 aliphatic heterocycles. The molecule has 0 radical (unpaired) electrons. The minimum Gasteiger partial charge on any atom is 0 e. The van der Waals surface area contributed by atoms with E-state index in [4.69, 9.17) is 14.0 Å². The fourth-order valence-corrected chi connectivity index (χ4v) is 1.96. The van der Waals surface area contributed by atoms with E-state index in [2.05, 4.69) is 26.0 Å². The topological polar surface area (TPSA) is 79.9 Å². The average Bonchev–Trinajstić information content (AvgIpc) is 2.62. The SMILES string of the molecule is CC(O)(C1=CC=CCC1)c1ccccc1.[C-]#[O+].[C-]#[O+].[C-]#[O+].[Fe]. The zero-order valence-corrected chi connectivity index (χ0v) is 13.2. The van der Waals surface area contributed by atoms with Gasteiger partial charge in [-0.3, -0.25) is 0 Å². The number of rotatable bonds is 2. The number of allylic oxidation sites excluding steroid dienone is 3. The molecule has 22 heavy (non-hydrogen) atoms. The van der Waals surface area contributed by atoms with Gasteiger partial charge in [-0.05, 0) is 30.9 Å². The summed E-state index contributed by atoms with van der Waals surface area (Å²) in [6, 6.07) is 9.83. The van der Waals surface area contributed by atoms with E-state index in [0.29, 0.717) is 0 Å². The van der Waals surface area contributed by atoms with Crippen molar-refractivity contribution in [2.75, 3.05) is 0 Å². The van der Waals surface area contributed by atoms with Gasteiger partial charge in [0.05, 0.1) is 0 Å². The maximum Gasteiger partial charge on any atom is 0 e. The number of hydrogen-bond acceptors (Lipinski definition) is 1. The van der Waals surface area contributed by atoms with Gasteiger partial charge in [-0.25, -0.2) is 0 Å². The third-order valence-corrected chi connectivity index (χ3v) is 2.98. The van der Waals surface area contributed by atoms with Crippen LogP contribution in [0.1, 0.15) is 25.3 Å². The Labute approximate surface area is 141 Å². The summed E-state index contributed by atoms with van der Waals surface area (Å²) in [6.45, 7) is 15.4. The molecule has 0 fully saturated rings. The molecule has 0 bridgehead atoms. The molecule has 1 aliphatic carbocycles. The third-order valence-electron chi connectivity index (χ3n) is 2.98. The Hall–Kier alpha value is -1.60. The zero-order chi connectivity index (χ0) is 16.7. The molecule has 1 aliphatic rings. The normalized spacial score (nSPS) is 13.5. The smallest absolute Gasteiger partial charge is 0 e. The van der Waals surface area contributed by atoms with Crippen LogP contribution in [0.4, 0.5) is 0 Å². The second kappa shape index (κ2) is 15.8. The van der Waals surface area contributed by atoms with Crippen molar-refractivity contribution in [3.63, 3.8) is 0 Å². The van der Waals surface area contributed by atoms with E-state index in [1.54, 1.807) is 0 Å². The minimum atomic E-state index is -0.827. The Kier molecular flexibility index (Phi) is 18.2. The second-order valence-electron chi connectivity index (χ2n) is 4.10. The standard InChI is InChI=1S/C14H16O.3CO.Fe/c1-14(15,12-8-4-2-5-9-12)13-10-6-3-7-11-13;3*1-2;/h2-6,8-10,15H,7,11H2,1H3;;;;. The maximum absolute atomic E-state index is 10.5. The summed E-state index contributed by atoms with van der Waals surface area (Å²) in [6.07, 6.45) is 8.14. The van der Waals surface area contributed by atoms with Gasteiger partial charge in [-0.15, -0.1) is 0 Å². The molecule has 5 heteroatoms. The van der Waals surface area contributed by atoms with Gasteiger partial charge >= 0.3 is 33.9 Å². The summed E-state index contributed by atoms with van der Waals surface area (Å²) in [5, 5.41) is 10.5.